The summed E-state index contributed by atoms with van der Waals surface area (Å²) in [5.41, 5.74) is 0. The van der Waals surface area contributed by atoms with Gasteiger partial charge in [0.15, 0.2) is 5.17 Å². The number of alkyl halides is 1. The lowest BCUT2D eigenvalue weighted by molar-refractivity contribution is 0.0693. The molecule has 0 N–H and O–H groups in total. The van der Waals surface area contributed by atoms with Crippen LogP contribution in [-0.4, -0.2) is 53.0 Å². The Hall–Kier alpha value is -0.190. The van der Waals surface area contributed by atoms with Gasteiger partial charge in [-0.1, -0.05) is 23.9 Å². The Morgan fingerprint density at radius 3 is 3.00 bits per heavy atom. The third-order valence-electron chi connectivity index (χ3n) is 3.15. The van der Waals surface area contributed by atoms with Crippen molar-refractivity contribution in [3.05, 3.63) is 12.2 Å². The zero-order valence-electron chi connectivity index (χ0n) is 9.01. The lowest BCUT2D eigenvalue weighted by Crippen LogP contribution is -2.39. The molecule has 0 aromatic heterocycles. The monoisotopic (exact) mass is 258 g/mol. The molecule has 3 unspecified atom stereocenters. The summed E-state index contributed by atoms with van der Waals surface area (Å²) in [6, 6.07) is 0.385. The van der Waals surface area contributed by atoms with E-state index in [4.69, 9.17) is 21.3 Å². The fourth-order valence-corrected chi connectivity index (χ4v) is 3.79. The lowest BCUT2D eigenvalue weighted by Gasteiger charge is -2.28. The van der Waals surface area contributed by atoms with Crippen LogP contribution >= 0.6 is 23.4 Å². The number of allylic oxidation sites excluding steroid dienone is 1. The SMILES string of the molecule is ClC1C=CC2SC(N3CCOCC3)=NC2C1. The first-order valence-corrected chi connectivity index (χ1v) is 7.04. The average Bonchev–Trinajstić information content (AvgIpc) is 2.73. The van der Waals surface area contributed by atoms with Gasteiger partial charge in [-0.15, -0.1) is 11.6 Å². The van der Waals surface area contributed by atoms with Gasteiger partial charge in [0.2, 0.25) is 0 Å². The Kier molecular flexibility index (Phi) is 3.14. The number of nitrogens with zero attached hydrogens (tertiary/aromatic N) is 2. The summed E-state index contributed by atoms with van der Waals surface area (Å²) in [6.45, 7) is 3.59. The summed E-state index contributed by atoms with van der Waals surface area (Å²) in [7, 11) is 0. The molecule has 2 aliphatic heterocycles. The molecular formula is C11H15ClN2OS. The maximum Gasteiger partial charge on any atom is 0.160 e. The van der Waals surface area contributed by atoms with Crippen LogP contribution in [0, 0.1) is 0 Å². The summed E-state index contributed by atoms with van der Waals surface area (Å²) >= 11 is 8.00. The van der Waals surface area contributed by atoms with E-state index in [9.17, 15) is 0 Å². The van der Waals surface area contributed by atoms with E-state index in [0.29, 0.717) is 11.3 Å². The largest absolute Gasteiger partial charge is 0.378 e. The topological polar surface area (TPSA) is 24.8 Å². The summed E-state index contributed by atoms with van der Waals surface area (Å²) in [6.07, 6.45) is 5.30. The van der Waals surface area contributed by atoms with E-state index in [0.717, 1.165) is 32.7 Å². The molecule has 1 fully saturated rings. The molecule has 0 amide bonds. The molecule has 3 rings (SSSR count). The van der Waals surface area contributed by atoms with Crippen molar-refractivity contribution in [1.82, 2.24) is 4.90 Å². The molecule has 0 radical (unpaired) electrons. The highest BCUT2D eigenvalue weighted by molar-refractivity contribution is 8.14. The summed E-state index contributed by atoms with van der Waals surface area (Å²) < 4.78 is 5.35. The minimum absolute atomic E-state index is 0.162. The highest BCUT2D eigenvalue weighted by atomic mass is 35.5. The predicted molar refractivity (Wildman–Crippen MR) is 68.4 cm³/mol. The van der Waals surface area contributed by atoms with Gasteiger partial charge in [0.05, 0.1) is 29.9 Å². The van der Waals surface area contributed by atoms with Crippen LogP contribution in [0.2, 0.25) is 0 Å². The minimum atomic E-state index is 0.162. The van der Waals surface area contributed by atoms with E-state index in [1.54, 1.807) is 0 Å². The normalized spacial score (nSPS) is 38.4. The van der Waals surface area contributed by atoms with E-state index in [1.165, 1.54) is 5.17 Å². The number of aliphatic imine (C=N–C) groups is 1. The maximum atomic E-state index is 6.12. The van der Waals surface area contributed by atoms with Gasteiger partial charge < -0.3 is 9.64 Å². The van der Waals surface area contributed by atoms with Gasteiger partial charge in [0, 0.05) is 13.1 Å². The number of amidine groups is 1. The van der Waals surface area contributed by atoms with Crippen LogP contribution in [0.15, 0.2) is 17.1 Å². The highest BCUT2D eigenvalue weighted by Gasteiger charge is 2.34. The molecule has 3 nitrogen and oxygen atoms in total. The quantitative estimate of drug-likeness (QED) is 0.489. The number of hydrogen-bond acceptors (Lipinski definition) is 4. The number of halogens is 1. The van der Waals surface area contributed by atoms with Crippen LogP contribution in [0.25, 0.3) is 0 Å². The van der Waals surface area contributed by atoms with Crippen LogP contribution < -0.4 is 0 Å². The van der Waals surface area contributed by atoms with E-state index >= 15 is 0 Å². The van der Waals surface area contributed by atoms with Crippen molar-refractivity contribution in [2.24, 2.45) is 4.99 Å². The van der Waals surface area contributed by atoms with E-state index in [-0.39, 0.29) is 5.38 Å². The Morgan fingerprint density at radius 2 is 2.19 bits per heavy atom. The molecule has 16 heavy (non-hydrogen) atoms. The number of fused-ring (bicyclic) bond motifs is 1. The van der Waals surface area contributed by atoms with Crippen LogP contribution in [0.5, 0.6) is 0 Å². The Morgan fingerprint density at radius 1 is 1.38 bits per heavy atom. The van der Waals surface area contributed by atoms with Gasteiger partial charge in [-0.25, -0.2) is 0 Å². The molecule has 0 bridgehead atoms. The molecule has 1 aliphatic carbocycles. The van der Waals surface area contributed by atoms with Crippen molar-refractivity contribution in [3.63, 3.8) is 0 Å². The maximum absolute atomic E-state index is 6.12. The van der Waals surface area contributed by atoms with Gasteiger partial charge in [-0.05, 0) is 6.42 Å². The number of rotatable bonds is 0. The van der Waals surface area contributed by atoms with Crippen molar-refractivity contribution in [2.75, 3.05) is 26.3 Å². The first kappa shape index (κ1) is 10.9. The van der Waals surface area contributed by atoms with Crippen LogP contribution in [0.3, 0.4) is 0 Å². The van der Waals surface area contributed by atoms with Crippen molar-refractivity contribution in [2.45, 2.75) is 23.1 Å². The smallest absolute Gasteiger partial charge is 0.160 e. The minimum Gasteiger partial charge on any atom is -0.378 e. The first-order valence-electron chi connectivity index (χ1n) is 5.72. The van der Waals surface area contributed by atoms with Gasteiger partial charge in [-0.3, -0.25) is 4.99 Å². The lowest BCUT2D eigenvalue weighted by atomic mass is 10.0. The average molecular weight is 259 g/mol. The molecule has 3 aliphatic rings. The zero-order chi connectivity index (χ0) is 11.0. The Bertz CT molecular complexity index is 328. The molecule has 0 aromatic rings. The summed E-state index contributed by atoms with van der Waals surface area (Å²) in [5, 5.41) is 1.86. The number of ether oxygens (including phenoxy) is 1. The highest BCUT2D eigenvalue weighted by Crippen LogP contribution is 2.36. The van der Waals surface area contributed by atoms with Gasteiger partial charge in [0.1, 0.15) is 0 Å². The van der Waals surface area contributed by atoms with Crippen molar-refractivity contribution < 1.29 is 4.74 Å². The van der Waals surface area contributed by atoms with Gasteiger partial charge >= 0.3 is 0 Å². The molecule has 0 saturated carbocycles. The molecule has 0 spiro atoms. The standard InChI is InChI=1S/C11H15ClN2OS/c12-8-1-2-10-9(7-8)13-11(16-10)14-3-5-15-6-4-14/h1-2,8-10H,3-7H2. The predicted octanol–water partition coefficient (Wildman–Crippen LogP) is 1.73. The zero-order valence-corrected chi connectivity index (χ0v) is 10.6. The Labute approximate surface area is 105 Å². The fourth-order valence-electron chi connectivity index (χ4n) is 2.25. The van der Waals surface area contributed by atoms with Gasteiger partial charge in [-0.2, -0.15) is 0 Å². The van der Waals surface area contributed by atoms with E-state index < -0.39 is 0 Å². The van der Waals surface area contributed by atoms with Gasteiger partial charge in [0.25, 0.3) is 0 Å². The molecule has 0 aromatic carbocycles. The second-order valence-electron chi connectivity index (χ2n) is 4.30. The fraction of sp³-hybridized carbons (Fsp3) is 0.727. The molecule has 2 heterocycles. The summed E-state index contributed by atoms with van der Waals surface area (Å²) in [5.74, 6) is 0. The van der Waals surface area contributed by atoms with Crippen LogP contribution in [0.4, 0.5) is 0 Å². The second kappa shape index (κ2) is 4.59. The third-order valence-corrected chi connectivity index (χ3v) is 4.80. The van der Waals surface area contributed by atoms with Crippen molar-refractivity contribution >= 4 is 28.5 Å². The van der Waals surface area contributed by atoms with E-state index in [2.05, 4.69) is 17.1 Å². The number of thioether (sulfide) groups is 1. The summed E-state index contributed by atoms with van der Waals surface area (Å²) in [4.78, 5) is 7.14. The van der Waals surface area contributed by atoms with Crippen LogP contribution in [-0.2, 0) is 4.74 Å². The van der Waals surface area contributed by atoms with E-state index in [1.807, 2.05) is 11.8 Å². The first-order chi connectivity index (χ1) is 7.83. The Balaban J connectivity index is 1.70. The second-order valence-corrected chi connectivity index (χ2v) is 6.00. The number of hydrogen-bond donors (Lipinski definition) is 0. The molecular weight excluding hydrogens is 244 g/mol. The molecule has 5 heteroatoms. The molecule has 3 atom stereocenters. The van der Waals surface area contributed by atoms with Crippen molar-refractivity contribution in [3.8, 4) is 0 Å². The molecule has 88 valence electrons. The molecule has 1 saturated heterocycles. The van der Waals surface area contributed by atoms with Crippen molar-refractivity contribution in [1.29, 1.82) is 0 Å². The van der Waals surface area contributed by atoms with Crippen LogP contribution in [0.1, 0.15) is 6.42 Å². The third kappa shape index (κ3) is 2.11. The number of morpholine rings is 1.